The molecule has 1 aliphatic rings. The predicted octanol–water partition coefficient (Wildman–Crippen LogP) is -0.433. The third-order valence-corrected chi connectivity index (χ3v) is 3.97. The fraction of sp³-hybridized carbons (Fsp3) is 0.500. The summed E-state index contributed by atoms with van der Waals surface area (Å²) < 4.78 is 1.38. The summed E-state index contributed by atoms with van der Waals surface area (Å²) in [7, 11) is 0. The Balaban J connectivity index is 1.62. The minimum absolute atomic E-state index is 0.00483. The van der Waals surface area contributed by atoms with Crippen LogP contribution < -0.4 is 5.32 Å². The second kappa shape index (κ2) is 6.61. The molecule has 1 atom stereocenters. The summed E-state index contributed by atoms with van der Waals surface area (Å²) in [6.45, 7) is 0.0924. The fourth-order valence-corrected chi connectivity index (χ4v) is 2.72. The molecule has 22 heavy (non-hydrogen) atoms. The SMILES string of the molecule is O=C(Cn1cnnn1)NC(Cc1ccncc1)C1CC(O)C1. The van der Waals surface area contributed by atoms with Crippen LogP contribution in [0.1, 0.15) is 18.4 Å². The summed E-state index contributed by atoms with van der Waals surface area (Å²) in [5.41, 5.74) is 1.11. The molecule has 8 heteroatoms. The molecule has 0 radical (unpaired) electrons. The molecule has 2 aromatic rings. The van der Waals surface area contributed by atoms with Crippen LogP contribution in [0, 0.1) is 5.92 Å². The smallest absolute Gasteiger partial charge is 0.242 e. The first-order valence-corrected chi connectivity index (χ1v) is 7.28. The number of aliphatic hydroxyl groups excluding tert-OH is 1. The van der Waals surface area contributed by atoms with Crippen molar-refractivity contribution in [1.29, 1.82) is 0 Å². The van der Waals surface area contributed by atoms with E-state index in [4.69, 9.17) is 0 Å². The van der Waals surface area contributed by atoms with Gasteiger partial charge in [-0.05, 0) is 53.3 Å². The maximum atomic E-state index is 12.1. The van der Waals surface area contributed by atoms with Crippen molar-refractivity contribution >= 4 is 5.91 Å². The Hall–Kier alpha value is -2.35. The van der Waals surface area contributed by atoms with E-state index in [2.05, 4.69) is 25.8 Å². The quantitative estimate of drug-likeness (QED) is 0.750. The van der Waals surface area contributed by atoms with E-state index >= 15 is 0 Å². The van der Waals surface area contributed by atoms with E-state index < -0.39 is 0 Å². The first-order chi connectivity index (χ1) is 10.7. The third kappa shape index (κ3) is 3.64. The third-order valence-electron chi connectivity index (χ3n) is 3.97. The Morgan fingerprint density at radius 1 is 1.41 bits per heavy atom. The highest BCUT2D eigenvalue weighted by atomic mass is 16.3. The van der Waals surface area contributed by atoms with E-state index in [1.165, 1.54) is 11.0 Å². The maximum Gasteiger partial charge on any atom is 0.242 e. The molecular weight excluding hydrogens is 284 g/mol. The molecule has 2 heterocycles. The van der Waals surface area contributed by atoms with Gasteiger partial charge in [-0.15, -0.1) is 5.10 Å². The molecule has 8 nitrogen and oxygen atoms in total. The van der Waals surface area contributed by atoms with Gasteiger partial charge in [-0.1, -0.05) is 0 Å². The van der Waals surface area contributed by atoms with Crippen LogP contribution in [-0.4, -0.2) is 48.4 Å². The average Bonchev–Trinajstić information content (AvgIpc) is 2.97. The van der Waals surface area contributed by atoms with Crippen LogP contribution in [-0.2, 0) is 17.8 Å². The largest absolute Gasteiger partial charge is 0.393 e. The standard InChI is InChI=1S/C14H18N6O2/c21-12-6-11(7-12)13(5-10-1-3-15-4-2-10)17-14(22)8-20-9-16-18-19-20/h1-4,9,11-13,21H,5-8H2,(H,17,22). The number of carbonyl (C=O) groups excluding carboxylic acids is 1. The van der Waals surface area contributed by atoms with Crippen molar-refractivity contribution in [3.05, 3.63) is 36.4 Å². The molecule has 2 N–H and O–H groups in total. The molecule has 1 saturated carbocycles. The molecule has 116 valence electrons. The normalized spacial score (nSPS) is 21.9. The van der Waals surface area contributed by atoms with Crippen molar-refractivity contribution in [2.75, 3.05) is 0 Å². The van der Waals surface area contributed by atoms with Crippen LogP contribution in [0.2, 0.25) is 0 Å². The molecule has 0 bridgehead atoms. The van der Waals surface area contributed by atoms with Crippen molar-refractivity contribution in [2.45, 2.75) is 38.0 Å². The molecule has 1 amide bonds. The molecule has 1 aliphatic carbocycles. The van der Waals surface area contributed by atoms with Gasteiger partial charge in [-0.25, -0.2) is 4.68 Å². The van der Waals surface area contributed by atoms with E-state index in [1.807, 2.05) is 12.1 Å². The van der Waals surface area contributed by atoms with E-state index in [0.717, 1.165) is 24.8 Å². The number of carbonyl (C=O) groups is 1. The van der Waals surface area contributed by atoms with Gasteiger partial charge in [0, 0.05) is 18.4 Å². The molecule has 0 saturated heterocycles. The topological polar surface area (TPSA) is 106 Å². The van der Waals surface area contributed by atoms with Crippen LogP contribution in [0.4, 0.5) is 0 Å². The monoisotopic (exact) mass is 302 g/mol. The predicted molar refractivity (Wildman–Crippen MR) is 76.4 cm³/mol. The number of aromatic nitrogens is 5. The molecule has 1 fully saturated rings. The molecule has 0 aromatic carbocycles. The molecule has 3 rings (SSSR count). The number of hydrogen-bond acceptors (Lipinski definition) is 6. The molecular formula is C14H18N6O2. The lowest BCUT2D eigenvalue weighted by molar-refractivity contribution is -0.123. The van der Waals surface area contributed by atoms with Crippen molar-refractivity contribution in [3.8, 4) is 0 Å². The summed E-state index contributed by atoms with van der Waals surface area (Å²) in [5.74, 6) is 0.161. The minimum atomic E-state index is -0.249. The lowest BCUT2D eigenvalue weighted by Crippen LogP contribution is -2.49. The lowest BCUT2D eigenvalue weighted by atomic mass is 9.75. The van der Waals surface area contributed by atoms with Gasteiger partial charge in [-0.3, -0.25) is 9.78 Å². The highest BCUT2D eigenvalue weighted by molar-refractivity contribution is 5.76. The van der Waals surface area contributed by atoms with Gasteiger partial charge in [0.15, 0.2) is 0 Å². The van der Waals surface area contributed by atoms with Crippen molar-refractivity contribution in [1.82, 2.24) is 30.5 Å². The molecule has 2 aromatic heterocycles. The Kier molecular flexibility index (Phi) is 4.38. The highest BCUT2D eigenvalue weighted by Gasteiger charge is 2.34. The summed E-state index contributed by atoms with van der Waals surface area (Å²) in [4.78, 5) is 16.1. The van der Waals surface area contributed by atoms with E-state index in [9.17, 15) is 9.90 Å². The summed E-state index contributed by atoms with van der Waals surface area (Å²) in [6, 6.07) is 3.88. The fourth-order valence-electron chi connectivity index (χ4n) is 2.72. The summed E-state index contributed by atoms with van der Waals surface area (Å²) in [6.07, 6.45) is 6.81. The van der Waals surface area contributed by atoms with Crippen molar-refractivity contribution in [2.24, 2.45) is 5.92 Å². The van der Waals surface area contributed by atoms with E-state index in [0.29, 0.717) is 5.92 Å². The Morgan fingerprint density at radius 3 is 2.82 bits per heavy atom. The van der Waals surface area contributed by atoms with Crippen molar-refractivity contribution < 1.29 is 9.90 Å². The first-order valence-electron chi connectivity index (χ1n) is 7.28. The van der Waals surface area contributed by atoms with Gasteiger partial charge >= 0.3 is 0 Å². The van der Waals surface area contributed by atoms with Gasteiger partial charge < -0.3 is 10.4 Å². The minimum Gasteiger partial charge on any atom is -0.393 e. The second-order valence-electron chi connectivity index (χ2n) is 5.63. The zero-order valence-electron chi connectivity index (χ0n) is 12.0. The van der Waals surface area contributed by atoms with Gasteiger partial charge in [0.1, 0.15) is 12.9 Å². The van der Waals surface area contributed by atoms with E-state index in [-0.39, 0.29) is 24.6 Å². The first kappa shape index (κ1) is 14.6. The number of aliphatic hydroxyl groups is 1. The summed E-state index contributed by atoms with van der Waals surface area (Å²) >= 11 is 0. The number of rotatable bonds is 6. The van der Waals surface area contributed by atoms with Crippen LogP contribution in [0.25, 0.3) is 0 Å². The van der Waals surface area contributed by atoms with Gasteiger partial charge in [0.2, 0.25) is 5.91 Å². The van der Waals surface area contributed by atoms with Gasteiger partial charge in [-0.2, -0.15) is 0 Å². The Bertz CT molecular complexity index is 597. The number of hydrogen-bond donors (Lipinski definition) is 2. The molecule has 0 spiro atoms. The zero-order valence-corrected chi connectivity index (χ0v) is 12.0. The Labute approximate surface area is 127 Å². The number of nitrogens with one attached hydrogen (secondary N) is 1. The van der Waals surface area contributed by atoms with Crippen molar-refractivity contribution in [3.63, 3.8) is 0 Å². The van der Waals surface area contributed by atoms with Crippen LogP contribution in [0.3, 0.4) is 0 Å². The number of amides is 1. The van der Waals surface area contributed by atoms with Crippen LogP contribution in [0.5, 0.6) is 0 Å². The molecule has 1 unspecified atom stereocenters. The Morgan fingerprint density at radius 2 is 2.18 bits per heavy atom. The average molecular weight is 302 g/mol. The number of nitrogens with zero attached hydrogens (tertiary/aromatic N) is 5. The van der Waals surface area contributed by atoms with E-state index in [1.54, 1.807) is 12.4 Å². The highest BCUT2D eigenvalue weighted by Crippen LogP contribution is 2.31. The number of tetrazole rings is 1. The molecule has 0 aliphatic heterocycles. The maximum absolute atomic E-state index is 12.1. The van der Waals surface area contributed by atoms with Crippen LogP contribution >= 0.6 is 0 Å². The number of pyridine rings is 1. The van der Waals surface area contributed by atoms with Gasteiger partial charge in [0.05, 0.1) is 6.10 Å². The summed E-state index contributed by atoms with van der Waals surface area (Å²) in [5, 5.41) is 23.3. The second-order valence-corrected chi connectivity index (χ2v) is 5.63. The zero-order chi connectivity index (χ0) is 15.4. The van der Waals surface area contributed by atoms with Crippen LogP contribution in [0.15, 0.2) is 30.9 Å². The lowest BCUT2D eigenvalue weighted by Gasteiger charge is -2.38. The van der Waals surface area contributed by atoms with Gasteiger partial charge in [0.25, 0.3) is 0 Å².